The second-order valence-corrected chi connectivity index (χ2v) is 7.32. The highest BCUT2D eigenvalue weighted by atomic mass is 16.6. The van der Waals surface area contributed by atoms with E-state index in [9.17, 15) is 4.79 Å². The molecule has 3 atom stereocenters. The maximum absolute atomic E-state index is 12.6. The van der Waals surface area contributed by atoms with Crippen molar-refractivity contribution in [3.63, 3.8) is 0 Å². The van der Waals surface area contributed by atoms with Crippen LogP contribution in [0.4, 0.5) is 10.5 Å². The maximum atomic E-state index is 12.6. The molecule has 3 heterocycles. The first-order valence-electron chi connectivity index (χ1n) is 9.48. The molecule has 3 aliphatic heterocycles. The van der Waals surface area contributed by atoms with Gasteiger partial charge in [0.2, 0.25) is 0 Å². The molecule has 0 aliphatic carbocycles. The monoisotopic (exact) mass is 358 g/mol. The maximum Gasteiger partial charge on any atom is 0.410 e. The van der Waals surface area contributed by atoms with E-state index < -0.39 is 0 Å². The van der Waals surface area contributed by atoms with Crippen LogP contribution in [0, 0.1) is 5.92 Å². The van der Waals surface area contributed by atoms with Crippen molar-refractivity contribution in [3.05, 3.63) is 90.0 Å². The fourth-order valence-electron chi connectivity index (χ4n) is 4.51. The molecule has 0 N–H and O–H groups in total. The van der Waals surface area contributed by atoms with Crippen molar-refractivity contribution in [2.75, 3.05) is 18.0 Å². The van der Waals surface area contributed by atoms with Crippen LogP contribution in [0.3, 0.4) is 0 Å². The van der Waals surface area contributed by atoms with Crippen molar-refractivity contribution < 1.29 is 9.53 Å². The Bertz CT molecular complexity index is 891. The standard InChI is InChI=1S/C23H22N2O2/c26-23(27-16-17-7-3-1-4-8-17)24-14-13-19-20(15-24)22-12-11-21(19)25(22)18-9-5-2-6-10-18/h1-13,20-22H,14-16H2/t20-,21+,22-/m1/s1. The predicted octanol–water partition coefficient (Wildman–Crippen LogP) is 4.01. The number of ether oxygens (including phenoxy) is 1. The normalized spacial score (nSPS) is 25.3. The molecule has 27 heavy (non-hydrogen) atoms. The van der Waals surface area contributed by atoms with Crippen LogP contribution in [0.15, 0.2) is 84.5 Å². The van der Waals surface area contributed by atoms with Gasteiger partial charge in [0.15, 0.2) is 0 Å². The number of rotatable bonds is 3. The second-order valence-electron chi connectivity index (χ2n) is 7.32. The first kappa shape index (κ1) is 16.2. The van der Waals surface area contributed by atoms with Gasteiger partial charge < -0.3 is 14.5 Å². The quantitative estimate of drug-likeness (QED) is 0.777. The van der Waals surface area contributed by atoms with Gasteiger partial charge in [-0.25, -0.2) is 4.79 Å². The van der Waals surface area contributed by atoms with Crippen LogP contribution < -0.4 is 4.90 Å². The van der Waals surface area contributed by atoms with Gasteiger partial charge in [-0.1, -0.05) is 66.8 Å². The largest absolute Gasteiger partial charge is 0.445 e. The van der Waals surface area contributed by atoms with Crippen molar-refractivity contribution in [1.29, 1.82) is 0 Å². The smallest absolute Gasteiger partial charge is 0.410 e. The molecule has 1 amide bonds. The summed E-state index contributed by atoms with van der Waals surface area (Å²) in [6, 6.07) is 21.0. The minimum Gasteiger partial charge on any atom is -0.445 e. The number of amides is 1. The van der Waals surface area contributed by atoms with Crippen molar-refractivity contribution in [2.45, 2.75) is 18.7 Å². The van der Waals surface area contributed by atoms with Crippen LogP contribution in [-0.2, 0) is 11.3 Å². The van der Waals surface area contributed by atoms with E-state index >= 15 is 0 Å². The second kappa shape index (κ2) is 6.62. The zero-order chi connectivity index (χ0) is 18.2. The van der Waals surface area contributed by atoms with Crippen LogP contribution in [0.1, 0.15) is 5.56 Å². The van der Waals surface area contributed by atoms with E-state index in [1.165, 1.54) is 11.3 Å². The van der Waals surface area contributed by atoms with Crippen molar-refractivity contribution in [3.8, 4) is 0 Å². The third-order valence-corrected chi connectivity index (χ3v) is 5.78. The predicted molar refractivity (Wildman–Crippen MR) is 105 cm³/mol. The van der Waals surface area contributed by atoms with Gasteiger partial charge in [-0.3, -0.25) is 0 Å². The van der Waals surface area contributed by atoms with Gasteiger partial charge in [0, 0.05) is 24.7 Å². The topological polar surface area (TPSA) is 32.8 Å². The first-order valence-corrected chi connectivity index (χ1v) is 9.48. The van der Waals surface area contributed by atoms with Crippen molar-refractivity contribution in [1.82, 2.24) is 4.90 Å². The molecule has 4 nitrogen and oxygen atoms in total. The fraction of sp³-hybridized carbons (Fsp3) is 0.261. The van der Waals surface area contributed by atoms with Gasteiger partial charge in [-0.2, -0.15) is 0 Å². The van der Waals surface area contributed by atoms with Crippen LogP contribution in [0.2, 0.25) is 0 Å². The van der Waals surface area contributed by atoms with E-state index in [-0.39, 0.29) is 6.09 Å². The number of fused-ring (bicyclic) bond motifs is 5. The highest BCUT2D eigenvalue weighted by Gasteiger charge is 2.48. The molecule has 2 bridgehead atoms. The fourth-order valence-corrected chi connectivity index (χ4v) is 4.51. The Morgan fingerprint density at radius 1 is 1.00 bits per heavy atom. The van der Waals surface area contributed by atoms with E-state index in [4.69, 9.17) is 4.74 Å². The summed E-state index contributed by atoms with van der Waals surface area (Å²) in [5, 5.41) is 0. The summed E-state index contributed by atoms with van der Waals surface area (Å²) in [4.78, 5) is 16.9. The Labute approximate surface area is 159 Å². The lowest BCUT2D eigenvalue weighted by Gasteiger charge is -2.32. The summed E-state index contributed by atoms with van der Waals surface area (Å²) >= 11 is 0. The first-order chi connectivity index (χ1) is 13.3. The lowest BCUT2D eigenvalue weighted by molar-refractivity contribution is 0.0940. The molecule has 0 radical (unpaired) electrons. The summed E-state index contributed by atoms with van der Waals surface area (Å²) < 4.78 is 5.53. The van der Waals surface area contributed by atoms with E-state index in [2.05, 4.69) is 47.4 Å². The molecular weight excluding hydrogens is 336 g/mol. The molecule has 0 saturated carbocycles. The lowest BCUT2D eigenvalue weighted by Crippen LogP contribution is -2.42. The number of carbonyl (C=O) groups excluding carboxylic acids is 1. The molecule has 4 heteroatoms. The van der Waals surface area contributed by atoms with Gasteiger partial charge in [0.05, 0.1) is 12.1 Å². The highest BCUT2D eigenvalue weighted by Crippen LogP contribution is 2.45. The van der Waals surface area contributed by atoms with Crippen molar-refractivity contribution in [2.24, 2.45) is 5.92 Å². The lowest BCUT2D eigenvalue weighted by atomic mass is 9.86. The number of hydrogen-bond acceptors (Lipinski definition) is 3. The molecule has 1 fully saturated rings. The van der Waals surface area contributed by atoms with Crippen LogP contribution in [0.25, 0.3) is 0 Å². The van der Waals surface area contributed by atoms with Gasteiger partial charge >= 0.3 is 6.09 Å². The zero-order valence-electron chi connectivity index (χ0n) is 15.1. The molecule has 2 aromatic carbocycles. The molecule has 0 aromatic heterocycles. The van der Waals surface area contributed by atoms with E-state index in [1.54, 1.807) is 0 Å². The number of hydrogen-bond donors (Lipinski definition) is 0. The molecule has 3 aliphatic rings. The Morgan fingerprint density at radius 2 is 1.74 bits per heavy atom. The minimum atomic E-state index is -0.229. The number of anilines is 1. The summed E-state index contributed by atoms with van der Waals surface area (Å²) in [7, 11) is 0. The molecule has 0 unspecified atom stereocenters. The number of nitrogens with zero attached hydrogens (tertiary/aromatic N) is 2. The van der Waals surface area contributed by atoms with E-state index in [0.29, 0.717) is 37.7 Å². The number of carbonyl (C=O) groups is 1. The third-order valence-electron chi connectivity index (χ3n) is 5.78. The summed E-state index contributed by atoms with van der Waals surface area (Å²) in [6.45, 7) is 1.66. The van der Waals surface area contributed by atoms with Crippen molar-refractivity contribution >= 4 is 11.8 Å². The summed E-state index contributed by atoms with van der Waals surface area (Å²) in [5.41, 5.74) is 3.70. The van der Waals surface area contributed by atoms with Crippen LogP contribution in [-0.4, -0.2) is 36.2 Å². The third kappa shape index (κ3) is 2.81. The highest BCUT2D eigenvalue weighted by molar-refractivity contribution is 5.69. The summed E-state index contributed by atoms with van der Waals surface area (Å²) in [5.74, 6) is 0.346. The number of para-hydroxylation sites is 1. The van der Waals surface area contributed by atoms with Gasteiger partial charge in [0.1, 0.15) is 6.61 Å². The Morgan fingerprint density at radius 3 is 2.52 bits per heavy atom. The van der Waals surface area contributed by atoms with Gasteiger partial charge in [-0.05, 0) is 23.3 Å². The average Bonchev–Trinajstić information content (AvgIpc) is 3.30. The van der Waals surface area contributed by atoms with E-state index in [1.807, 2.05) is 41.3 Å². The molecule has 0 spiro atoms. The molecule has 5 rings (SSSR count). The molecule has 136 valence electrons. The van der Waals surface area contributed by atoms with E-state index in [0.717, 1.165) is 5.56 Å². The molecule has 2 aromatic rings. The average molecular weight is 358 g/mol. The summed E-state index contributed by atoms with van der Waals surface area (Å²) in [6.07, 6.45) is 6.58. The molecule has 1 saturated heterocycles. The van der Waals surface area contributed by atoms with Gasteiger partial charge in [-0.15, -0.1) is 0 Å². The Kier molecular flexibility index (Phi) is 3.97. The molecular formula is C23H22N2O2. The van der Waals surface area contributed by atoms with Gasteiger partial charge in [0.25, 0.3) is 0 Å². The van der Waals surface area contributed by atoms with Crippen LogP contribution in [0.5, 0.6) is 0 Å². The Hall–Kier alpha value is -3.01. The zero-order valence-corrected chi connectivity index (χ0v) is 15.1. The van der Waals surface area contributed by atoms with Crippen LogP contribution >= 0.6 is 0 Å². The minimum absolute atomic E-state index is 0.229. The Balaban J connectivity index is 1.28. The number of benzene rings is 2. The SMILES string of the molecule is O=C(OCc1ccccc1)N1CC=C2[C@@H](C1)[C@H]1C=C[C@@H]2N1c1ccccc1.